The number of nitrogens with one attached hydrogen (secondary N) is 1. The molecule has 1 amide bonds. The normalized spacial score (nSPS) is 16.5. The number of hydrogen-bond donors (Lipinski definition) is 2. The molecule has 0 saturated carbocycles. The fraction of sp³-hybridized carbons (Fsp3) is 0.650. The molecule has 1 aliphatic rings. The first-order valence-electron chi connectivity index (χ1n) is 9.67. The van der Waals surface area contributed by atoms with Crippen LogP contribution in [0.15, 0.2) is 4.79 Å². The molecule has 2 aromatic rings. The van der Waals surface area contributed by atoms with Gasteiger partial charge in [-0.1, -0.05) is 20.8 Å². The Kier molecular flexibility index (Phi) is 7.28. The molecule has 3 N–H and O–H groups in total. The van der Waals surface area contributed by atoms with Crippen molar-refractivity contribution in [2.24, 2.45) is 17.1 Å². The summed E-state index contributed by atoms with van der Waals surface area (Å²) in [5, 5.41) is 0.763. The van der Waals surface area contributed by atoms with Gasteiger partial charge >= 0.3 is 0 Å². The molecule has 2 aromatic heterocycles. The second kappa shape index (κ2) is 8.93. The topological polar surface area (TPSA) is 92.1 Å². The first kappa shape index (κ1) is 22.8. The van der Waals surface area contributed by atoms with E-state index in [-0.39, 0.29) is 29.3 Å². The standard InChI is InChI=1S/C20H30N4O2S.ClH/c1-12-5-6-13-14(9-12)27-19-17(13)18(26)22-15(23-19)7-8-16(25)24(4)11-20(2,3)10-21;/h12H,5-11,21H2,1-4H3,(H,22,23,26);1H. The maximum atomic E-state index is 12.6. The van der Waals surface area contributed by atoms with Crippen LogP contribution in [-0.2, 0) is 24.1 Å². The summed E-state index contributed by atoms with van der Waals surface area (Å²) in [5.41, 5.74) is 6.77. The molecule has 1 atom stereocenters. The first-order chi connectivity index (χ1) is 12.7. The van der Waals surface area contributed by atoms with Gasteiger partial charge in [0.25, 0.3) is 5.56 Å². The minimum absolute atomic E-state index is 0. The smallest absolute Gasteiger partial charge is 0.259 e. The van der Waals surface area contributed by atoms with Crippen molar-refractivity contribution in [1.29, 1.82) is 0 Å². The van der Waals surface area contributed by atoms with Gasteiger partial charge in [-0.3, -0.25) is 9.59 Å². The lowest BCUT2D eigenvalue weighted by Gasteiger charge is -2.29. The molecule has 28 heavy (non-hydrogen) atoms. The molecule has 0 saturated heterocycles. The van der Waals surface area contributed by atoms with E-state index in [9.17, 15) is 9.59 Å². The van der Waals surface area contributed by atoms with Gasteiger partial charge in [-0.05, 0) is 42.7 Å². The van der Waals surface area contributed by atoms with E-state index in [1.165, 1.54) is 10.4 Å². The molecule has 156 valence electrons. The van der Waals surface area contributed by atoms with E-state index in [1.54, 1.807) is 23.3 Å². The highest BCUT2D eigenvalue weighted by atomic mass is 35.5. The number of carbonyl (C=O) groups excluding carboxylic acids is 1. The summed E-state index contributed by atoms with van der Waals surface area (Å²) in [5.74, 6) is 1.30. The third kappa shape index (κ3) is 4.93. The number of carbonyl (C=O) groups is 1. The molecule has 0 fully saturated rings. The van der Waals surface area contributed by atoms with Crippen molar-refractivity contribution >= 4 is 39.9 Å². The Morgan fingerprint density at radius 3 is 2.82 bits per heavy atom. The Morgan fingerprint density at radius 1 is 1.43 bits per heavy atom. The van der Waals surface area contributed by atoms with E-state index >= 15 is 0 Å². The van der Waals surface area contributed by atoms with Crippen molar-refractivity contribution in [3.05, 3.63) is 26.6 Å². The number of nitrogens with two attached hydrogens (primary N) is 1. The van der Waals surface area contributed by atoms with Crippen LogP contribution in [0.25, 0.3) is 10.2 Å². The quantitative estimate of drug-likeness (QED) is 0.742. The summed E-state index contributed by atoms with van der Waals surface area (Å²) >= 11 is 1.64. The van der Waals surface area contributed by atoms with Crippen LogP contribution < -0.4 is 11.3 Å². The zero-order valence-electron chi connectivity index (χ0n) is 17.1. The Hall–Kier alpha value is -1.44. The van der Waals surface area contributed by atoms with Crippen molar-refractivity contribution in [3.8, 4) is 0 Å². The van der Waals surface area contributed by atoms with Crippen LogP contribution in [0, 0.1) is 11.3 Å². The summed E-state index contributed by atoms with van der Waals surface area (Å²) in [4.78, 5) is 36.4. The van der Waals surface area contributed by atoms with Crippen molar-refractivity contribution < 1.29 is 4.79 Å². The van der Waals surface area contributed by atoms with Gasteiger partial charge < -0.3 is 15.6 Å². The summed E-state index contributed by atoms with van der Waals surface area (Å²) in [6.45, 7) is 7.48. The summed E-state index contributed by atoms with van der Waals surface area (Å²) < 4.78 is 0. The van der Waals surface area contributed by atoms with Crippen LogP contribution in [0.3, 0.4) is 0 Å². The number of rotatable bonds is 6. The Morgan fingerprint density at radius 2 is 2.14 bits per heavy atom. The van der Waals surface area contributed by atoms with Gasteiger partial charge in [0.05, 0.1) is 5.39 Å². The fourth-order valence-electron chi connectivity index (χ4n) is 3.72. The number of hydrogen-bond acceptors (Lipinski definition) is 5. The molecule has 8 heteroatoms. The van der Waals surface area contributed by atoms with Crippen molar-refractivity contribution in [3.63, 3.8) is 0 Å². The Balaban J connectivity index is 0.00000280. The first-order valence-corrected chi connectivity index (χ1v) is 10.5. The highest BCUT2D eigenvalue weighted by Gasteiger charge is 2.24. The second-order valence-corrected chi connectivity index (χ2v) is 9.75. The number of halogens is 1. The molecule has 0 spiro atoms. The van der Waals surface area contributed by atoms with Crippen molar-refractivity contribution in [2.45, 2.75) is 52.9 Å². The van der Waals surface area contributed by atoms with Crippen LogP contribution >= 0.6 is 23.7 Å². The van der Waals surface area contributed by atoms with Gasteiger partial charge in [0.1, 0.15) is 10.7 Å². The highest BCUT2D eigenvalue weighted by molar-refractivity contribution is 7.18. The molecule has 0 bridgehead atoms. The van der Waals surface area contributed by atoms with Gasteiger partial charge in [0.15, 0.2) is 0 Å². The fourth-order valence-corrected chi connectivity index (χ4v) is 5.13. The third-order valence-electron chi connectivity index (χ3n) is 5.43. The molecule has 2 heterocycles. The zero-order valence-corrected chi connectivity index (χ0v) is 18.8. The van der Waals surface area contributed by atoms with E-state index in [4.69, 9.17) is 5.73 Å². The van der Waals surface area contributed by atoms with Gasteiger partial charge in [-0.15, -0.1) is 23.7 Å². The minimum atomic E-state index is -0.108. The van der Waals surface area contributed by atoms with Gasteiger partial charge in [-0.25, -0.2) is 4.98 Å². The predicted octanol–water partition coefficient (Wildman–Crippen LogP) is 2.91. The number of H-pyrrole nitrogens is 1. The van der Waals surface area contributed by atoms with Crippen LogP contribution in [0.4, 0.5) is 0 Å². The molecule has 6 nitrogen and oxygen atoms in total. The van der Waals surface area contributed by atoms with Gasteiger partial charge in [0, 0.05) is 31.3 Å². The monoisotopic (exact) mass is 426 g/mol. The lowest BCUT2D eigenvalue weighted by molar-refractivity contribution is -0.131. The molecule has 1 aliphatic carbocycles. The maximum absolute atomic E-state index is 12.6. The number of aromatic amines is 1. The van der Waals surface area contributed by atoms with Crippen LogP contribution in [0.2, 0.25) is 0 Å². The maximum Gasteiger partial charge on any atom is 0.259 e. The minimum Gasteiger partial charge on any atom is -0.345 e. The van der Waals surface area contributed by atoms with Crippen molar-refractivity contribution in [1.82, 2.24) is 14.9 Å². The summed E-state index contributed by atoms with van der Waals surface area (Å²) in [6.07, 6.45) is 3.89. The van der Waals surface area contributed by atoms with E-state index in [0.29, 0.717) is 37.7 Å². The number of fused-ring (bicyclic) bond motifs is 3. The number of nitrogens with zero attached hydrogens (tertiary/aromatic N) is 2. The van der Waals surface area contributed by atoms with E-state index in [0.717, 1.165) is 29.5 Å². The average molecular weight is 427 g/mol. The Bertz CT molecular complexity index is 905. The lowest BCUT2D eigenvalue weighted by Crippen LogP contribution is -2.39. The lowest BCUT2D eigenvalue weighted by atomic mass is 9.89. The number of aryl methyl sites for hydroxylation is 2. The second-order valence-electron chi connectivity index (χ2n) is 8.66. The Labute approximate surface area is 176 Å². The average Bonchev–Trinajstić information content (AvgIpc) is 2.96. The molecule has 1 unspecified atom stereocenters. The van der Waals surface area contributed by atoms with Gasteiger partial charge in [0.2, 0.25) is 5.91 Å². The number of thiophene rings is 1. The zero-order chi connectivity index (χ0) is 19.8. The van der Waals surface area contributed by atoms with Gasteiger partial charge in [-0.2, -0.15) is 0 Å². The molecule has 0 aromatic carbocycles. The highest BCUT2D eigenvalue weighted by Crippen LogP contribution is 2.35. The van der Waals surface area contributed by atoms with E-state index < -0.39 is 0 Å². The molecular weight excluding hydrogens is 396 g/mol. The summed E-state index contributed by atoms with van der Waals surface area (Å²) in [6, 6.07) is 0. The van der Waals surface area contributed by atoms with E-state index in [1.807, 2.05) is 13.8 Å². The van der Waals surface area contributed by atoms with Crippen LogP contribution in [0.5, 0.6) is 0 Å². The van der Waals surface area contributed by atoms with Crippen molar-refractivity contribution in [2.75, 3.05) is 20.1 Å². The van der Waals surface area contributed by atoms with Crippen LogP contribution in [-0.4, -0.2) is 40.9 Å². The molecule has 0 aliphatic heterocycles. The molecule has 0 radical (unpaired) electrons. The SMILES string of the molecule is CC1CCc2c(sc3nc(CCC(=O)N(C)CC(C)(C)CN)[nH]c(=O)c23)C1.Cl. The molecular formula is C20H31ClN4O2S. The van der Waals surface area contributed by atoms with E-state index in [2.05, 4.69) is 16.9 Å². The predicted molar refractivity (Wildman–Crippen MR) is 117 cm³/mol. The largest absolute Gasteiger partial charge is 0.345 e. The van der Waals surface area contributed by atoms with Crippen LogP contribution in [0.1, 0.15) is 49.9 Å². The summed E-state index contributed by atoms with van der Waals surface area (Å²) in [7, 11) is 1.80. The number of amides is 1. The third-order valence-corrected chi connectivity index (χ3v) is 6.58. The molecule has 3 rings (SSSR count). The number of aromatic nitrogens is 2.